The second-order valence-electron chi connectivity index (χ2n) is 10.4. The zero-order chi connectivity index (χ0) is 26.4. The molecular formula is C32H26N5OPt-3. The Hall–Kier alpha value is -4.07. The molecule has 7 heteroatoms. The van der Waals surface area contributed by atoms with Crippen LogP contribution < -0.4 is 9.64 Å². The third-order valence-electron chi connectivity index (χ3n) is 6.63. The molecule has 0 N–H and O–H groups in total. The van der Waals surface area contributed by atoms with E-state index in [1.165, 1.54) is 5.56 Å². The Bertz CT molecular complexity index is 1760. The molecule has 6 nitrogen and oxygen atoms in total. The van der Waals surface area contributed by atoms with E-state index in [-0.39, 0.29) is 26.5 Å². The minimum Gasteiger partial charge on any atom is -0.510 e. The van der Waals surface area contributed by atoms with Gasteiger partial charge in [0.1, 0.15) is 18.1 Å². The number of hydrogen-bond acceptors (Lipinski definition) is 4. The maximum Gasteiger partial charge on any atom is 0.249 e. The number of benzene rings is 3. The molecule has 0 atom stereocenters. The van der Waals surface area contributed by atoms with Crippen LogP contribution in [0.5, 0.6) is 11.5 Å². The molecule has 0 unspecified atom stereocenters. The fourth-order valence-electron chi connectivity index (χ4n) is 4.66. The number of fused-ring (bicyclic) bond motifs is 3. The van der Waals surface area contributed by atoms with E-state index in [0.717, 1.165) is 33.3 Å². The molecule has 0 fully saturated rings. The molecule has 0 bridgehead atoms. The molecule has 3 heterocycles. The van der Waals surface area contributed by atoms with E-state index in [2.05, 4.69) is 66.6 Å². The number of nitrogens with zero attached hydrogens (tertiary/aromatic N) is 5. The van der Waals surface area contributed by atoms with E-state index >= 15 is 0 Å². The standard InChI is InChI=1S/C32H26N5O.Pt/c1-32(2,3)22-13-14-34-31(17-22)37-28-12-7-6-11-25(28)26-19-27(33-4)30(20-29(26)37)38-24-10-8-9-23(18-24)36-16-15-35(5)21-36;/h6-17,19,21H,1-3,5H3;/q-3;. The quantitative estimate of drug-likeness (QED) is 0.181. The summed E-state index contributed by atoms with van der Waals surface area (Å²) in [6.45, 7) is 16.4. The average molecular weight is 692 g/mol. The van der Waals surface area contributed by atoms with Crippen LogP contribution in [-0.4, -0.2) is 21.5 Å². The van der Waals surface area contributed by atoms with Gasteiger partial charge in [0.2, 0.25) is 5.69 Å². The molecule has 0 saturated heterocycles. The van der Waals surface area contributed by atoms with E-state index in [4.69, 9.17) is 16.3 Å². The van der Waals surface area contributed by atoms with Crippen LogP contribution in [0.15, 0.2) is 79.3 Å². The molecule has 1 aliphatic rings. The van der Waals surface area contributed by atoms with Crippen LogP contribution in [0.25, 0.3) is 32.5 Å². The van der Waals surface area contributed by atoms with Crippen molar-refractivity contribution in [2.24, 2.45) is 0 Å². The van der Waals surface area contributed by atoms with Crippen molar-refractivity contribution in [2.45, 2.75) is 26.2 Å². The van der Waals surface area contributed by atoms with E-state index < -0.39 is 0 Å². The first-order chi connectivity index (χ1) is 18.3. The van der Waals surface area contributed by atoms with E-state index in [0.29, 0.717) is 17.2 Å². The Morgan fingerprint density at radius 3 is 2.54 bits per heavy atom. The Balaban J connectivity index is 0.00000308. The number of hydrogen-bond donors (Lipinski definition) is 0. The predicted octanol–water partition coefficient (Wildman–Crippen LogP) is 7.76. The largest absolute Gasteiger partial charge is 0.510 e. The molecule has 198 valence electrons. The fourth-order valence-corrected chi connectivity index (χ4v) is 4.66. The molecule has 0 spiro atoms. The van der Waals surface area contributed by atoms with Crippen molar-refractivity contribution in [3.8, 4) is 17.3 Å². The molecule has 0 aliphatic carbocycles. The zero-order valence-electron chi connectivity index (χ0n) is 22.0. The summed E-state index contributed by atoms with van der Waals surface area (Å²) in [7, 11) is 1.97. The summed E-state index contributed by atoms with van der Waals surface area (Å²) in [5, 5.41) is 1.96. The number of pyridine rings is 1. The molecule has 2 aromatic heterocycles. The van der Waals surface area contributed by atoms with Crippen molar-refractivity contribution in [1.82, 2.24) is 14.5 Å². The first kappa shape index (κ1) is 26.5. The topological polar surface area (TPSA) is 37.9 Å². The van der Waals surface area contributed by atoms with E-state index in [9.17, 15) is 0 Å². The van der Waals surface area contributed by atoms with Crippen LogP contribution in [-0.2, 0) is 26.5 Å². The first-order valence-electron chi connectivity index (χ1n) is 12.4. The van der Waals surface area contributed by atoms with Gasteiger partial charge in [-0.1, -0.05) is 55.9 Å². The molecule has 1 aliphatic heterocycles. The van der Waals surface area contributed by atoms with Gasteiger partial charge < -0.3 is 19.1 Å². The first-order valence-corrected chi connectivity index (χ1v) is 12.4. The van der Waals surface area contributed by atoms with Gasteiger partial charge in [0.05, 0.1) is 0 Å². The summed E-state index contributed by atoms with van der Waals surface area (Å²) in [5.74, 6) is 1.67. The van der Waals surface area contributed by atoms with Crippen LogP contribution in [0.3, 0.4) is 0 Å². The molecule has 5 aromatic rings. The predicted molar refractivity (Wildman–Crippen MR) is 151 cm³/mol. The van der Waals surface area contributed by atoms with Gasteiger partial charge in [0.25, 0.3) is 0 Å². The summed E-state index contributed by atoms with van der Waals surface area (Å²) in [6.07, 6.45) is 5.76. The summed E-state index contributed by atoms with van der Waals surface area (Å²) in [5.41, 5.74) is 4.20. The van der Waals surface area contributed by atoms with Crippen LogP contribution in [0.2, 0.25) is 0 Å². The summed E-state index contributed by atoms with van der Waals surface area (Å²) in [4.78, 5) is 12.4. The van der Waals surface area contributed by atoms with Crippen molar-refractivity contribution in [3.63, 3.8) is 0 Å². The zero-order valence-corrected chi connectivity index (χ0v) is 24.3. The smallest absolute Gasteiger partial charge is 0.249 e. The number of rotatable bonds is 4. The van der Waals surface area contributed by atoms with Gasteiger partial charge in [-0.3, -0.25) is 0 Å². The van der Waals surface area contributed by atoms with Gasteiger partial charge in [0.15, 0.2) is 0 Å². The van der Waals surface area contributed by atoms with Gasteiger partial charge in [0, 0.05) is 38.5 Å². The van der Waals surface area contributed by atoms with Crippen LogP contribution in [0, 0.1) is 25.4 Å². The molecule has 0 saturated carbocycles. The van der Waals surface area contributed by atoms with Gasteiger partial charge in [-0.25, -0.2) is 9.83 Å². The van der Waals surface area contributed by atoms with Crippen molar-refractivity contribution in [3.05, 3.63) is 115 Å². The third kappa shape index (κ3) is 4.91. The van der Waals surface area contributed by atoms with E-state index in [1.807, 2.05) is 78.5 Å². The average Bonchev–Trinajstić information content (AvgIpc) is 3.49. The van der Waals surface area contributed by atoms with Crippen molar-refractivity contribution in [2.75, 3.05) is 11.9 Å². The monoisotopic (exact) mass is 691 g/mol. The van der Waals surface area contributed by atoms with Crippen LogP contribution in [0.1, 0.15) is 26.3 Å². The Morgan fingerprint density at radius 2 is 1.79 bits per heavy atom. The maximum atomic E-state index is 7.87. The van der Waals surface area contributed by atoms with Crippen LogP contribution >= 0.6 is 0 Å². The van der Waals surface area contributed by atoms with Gasteiger partial charge in [-0.15, -0.1) is 30.0 Å². The molecule has 0 amide bonds. The minimum absolute atomic E-state index is 0. The van der Waals surface area contributed by atoms with Gasteiger partial charge in [-0.05, 0) is 54.0 Å². The second-order valence-corrected chi connectivity index (χ2v) is 10.4. The SMILES string of the molecule is [C-]#[N+]c1cc2c3ccccc3n(-c3cc(C(C)(C)C)ccn3)c2[c-]c1Oc1[c-]c(N2C=CN(C)[CH-]2)ccc1.[Pt]. The number of para-hydroxylation sites is 1. The van der Waals surface area contributed by atoms with Crippen molar-refractivity contribution < 1.29 is 25.8 Å². The summed E-state index contributed by atoms with van der Waals surface area (Å²) >= 11 is 0. The van der Waals surface area contributed by atoms with E-state index in [1.54, 1.807) is 0 Å². The Labute approximate surface area is 243 Å². The van der Waals surface area contributed by atoms with Crippen LogP contribution in [0.4, 0.5) is 11.4 Å². The molecule has 0 radical (unpaired) electrons. The minimum atomic E-state index is -0.0245. The van der Waals surface area contributed by atoms with Crippen molar-refractivity contribution >= 4 is 33.2 Å². The summed E-state index contributed by atoms with van der Waals surface area (Å²) < 4.78 is 8.36. The molecule has 3 aromatic carbocycles. The fraction of sp³-hybridized carbons (Fsp3) is 0.156. The molecule has 6 rings (SSSR count). The normalized spacial score (nSPS) is 13.1. The third-order valence-corrected chi connectivity index (χ3v) is 6.63. The number of ether oxygens (including phenoxy) is 1. The van der Waals surface area contributed by atoms with Gasteiger partial charge in [-0.2, -0.15) is 12.7 Å². The van der Waals surface area contributed by atoms with Crippen molar-refractivity contribution in [1.29, 1.82) is 0 Å². The maximum absolute atomic E-state index is 7.87. The summed E-state index contributed by atoms with van der Waals surface area (Å²) in [6, 6.07) is 26.7. The molecule has 39 heavy (non-hydrogen) atoms. The Morgan fingerprint density at radius 1 is 0.974 bits per heavy atom. The molecular weight excluding hydrogens is 665 g/mol. The number of anilines is 1. The Kier molecular flexibility index (Phi) is 6.97. The second kappa shape index (κ2) is 10.2. The number of aromatic nitrogens is 2. The van der Waals surface area contributed by atoms with Gasteiger partial charge >= 0.3 is 0 Å².